The number of aliphatic imine (C=N–C) groups is 1. The number of aliphatic carboxylic acids is 1. The topological polar surface area (TPSA) is 235 Å². The van der Waals surface area contributed by atoms with E-state index in [0.29, 0.717) is 12.2 Å². The molecule has 43 heavy (non-hydrogen) atoms. The van der Waals surface area contributed by atoms with Crippen LogP contribution in [0, 0.1) is 0 Å². The van der Waals surface area contributed by atoms with E-state index in [4.69, 9.17) is 17.2 Å². The number of nitrogens with one attached hydrogen (secondary N) is 3. The van der Waals surface area contributed by atoms with Crippen LogP contribution in [0.4, 0.5) is 0 Å². The monoisotopic (exact) mass is 615 g/mol. The molecule has 0 fully saturated rings. The molecule has 4 atom stereocenters. The minimum absolute atomic E-state index is 0.0647. The van der Waals surface area contributed by atoms with Crippen molar-refractivity contribution in [2.75, 3.05) is 18.6 Å². The molecule has 14 heteroatoms. The lowest BCUT2D eigenvalue weighted by Crippen LogP contribution is -2.58. The number of amides is 3. The lowest BCUT2D eigenvalue weighted by atomic mass is 10.0. The second-order valence-electron chi connectivity index (χ2n) is 9.92. The molecule has 0 aliphatic heterocycles. The number of phenolic OH excluding ortho intramolecular Hbond substituents is 1. The summed E-state index contributed by atoms with van der Waals surface area (Å²) in [6.45, 7) is 0.192. The molecule has 2 rings (SSSR count). The molecule has 0 aliphatic rings. The molecule has 0 saturated heterocycles. The zero-order valence-electron chi connectivity index (χ0n) is 24.1. The summed E-state index contributed by atoms with van der Waals surface area (Å²) >= 11 is 1.48. The Hall–Kier alpha value is -4.30. The van der Waals surface area contributed by atoms with Gasteiger partial charge in [-0.05, 0) is 61.0 Å². The van der Waals surface area contributed by atoms with Gasteiger partial charge in [-0.3, -0.25) is 19.4 Å². The third kappa shape index (κ3) is 13.0. The Labute approximate surface area is 255 Å². The van der Waals surface area contributed by atoms with E-state index < -0.39 is 47.9 Å². The summed E-state index contributed by atoms with van der Waals surface area (Å²) in [4.78, 5) is 55.5. The highest BCUT2D eigenvalue weighted by Crippen LogP contribution is 2.12. The van der Waals surface area contributed by atoms with Gasteiger partial charge in [-0.25, -0.2) is 4.79 Å². The number of phenols is 1. The summed E-state index contributed by atoms with van der Waals surface area (Å²) in [5.74, 6) is -2.57. The highest BCUT2D eigenvalue weighted by molar-refractivity contribution is 7.98. The Morgan fingerprint density at radius 3 is 2.00 bits per heavy atom. The summed E-state index contributed by atoms with van der Waals surface area (Å²) in [5, 5.41) is 27.1. The van der Waals surface area contributed by atoms with Crippen LogP contribution in [0.2, 0.25) is 0 Å². The summed E-state index contributed by atoms with van der Waals surface area (Å²) in [7, 11) is 0. The average molecular weight is 616 g/mol. The molecule has 2 aromatic carbocycles. The Morgan fingerprint density at radius 2 is 1.40 bits per heavy atom. The van der Waals surface area contributed by atoms with Crippen LogP contribution in [0.25, 0.3) is 0 Å². The second kappa shape index (κ2) is 18.3. The van der Waals surface area contributed by atoms with E-state index in [-0.39, 0.29) is 43.9 Å². The minimum Gasteiger partial charge on any atom is -0.508 e. The van der Waals surface area contributed by atoms with E-state index in [1.54, 1.807) is 36.4 Å². The van der Waals surface area contributed by atoms with Gasteiger partial charge in [0.2, 0.25) is 17.7 Å². The number of thioether (sulfide) groups is 1. The summed E-state index contributed by atoms with van der Waals surface area (Å²) in [6, 6.07) is 10.9. The Morgan fingerprint density at radius 1 is 0.814 bits per heavy atom. The Kier molecular flexibility index (Phi) is 14.8. The minimum atomic E-state index is -1.24. The number of hydrogen-bond acceptors (Lipinski definition) is 8. The zero-order valence-corrected chi connectivity index (χ0v) is 24.9. The number of carbonyl (C=O) groups is 4. The first kappa shape index (κ1) is 34.9. The molecule has 4 unspecified atom stereocenters. The fourth-order valence-electron chi connectivity index (χ4n) is 4.13. The first-order valence-corrected chi connectivity index (χ1v) is 15.1. The van der Waals surface area contributed by atoms with Crippen LogP contribution in [-0.4, -0.2) is 82.6 Å². The average Bonchev–Trinajstić information content (AvgIpc) is 2.97. The van der Waals surface area contributed by atoms with E-state index in [1.807, 2.05) is 12.3 Å². The normalized spacial score (nSPS) is 13.5. The molecule has 3 amide bonds. The Bertz CT molecular complexity index is 1230. The molecule has 0 aromatic heterocycles. The van der Waals surface area contributed by atoms with Gasteiger partial charge >= 0.3 is 5.97 Å². The molecule has 0 aliphatic carbocycles. The van der Waals surface area contributed by atoms with Gasteiger partial charge in [0.05, 0.1) is 6.04 Å². The molecule has 0 bridgehead atoms. The molecule has 11 N–H and O–H groups in total. The van der Waals surface area contributed by atoms with Crippen molar-refractivity contribution in [1.29, 1.82) is 0 Å². The highest BCUT2D eigenvalue weighted by atomic mass is 32.2. The number of hydrogen-bond donors (Lipinski definition) is 8. The van der Waals surface area contributed by atoms with Crippen LogP contribution < -0.4 is 33.2 Å². The van der Waals surface area contributed by atoms with Crippen molar-refractivity contribution in [3.05, 3.63) is 65.7 Å². The SMILES string of the molecule is CSCCC(NC(=O)C(N)Cc1ccc(O)cc1)C(=O)NC(Cc1ccccc1)C(=O)NC(CCCN=C(N)N)C(=O)O. The number of carboxylic acid groups (broad SMARTS) is 1. The molecular formula is C29H41N7O6S. The quantitative estimate of drug-likeness (QED) is 0.0627. The number of aromatic hydroxyl groups is 1. The maximum Gasteiger partial charge on any atom is 0.326 e. The lowest BCUT2D eigenvalue weighted by Gasteiger charge is -2.25. The summed E-state index contributed by atoms with van der Waals surface area (Å²) < 4.78 is 0. The van der Waals surface area contributed by atoms with Gasteiger partial charge in [-0.15, -0.1) is 0 Å². The second-order valence-corrected chi connectivity index (χ2v) is 10.9. The van der Waals surface area contributed by atoms with Crippen molar-refractivity contribution in [3.8, 4) is 5.75 Å². The number of nitrogens with two attached hydrogens (primary N) is 3. The predicted octanol–water partition coefficient (Wildman–Crippen LogP) is -0.150. The molecular weight excluding hydrogens is 574 g/mol. The number of nitrogens with zero attached hydrogens (tertiary/aromatic N) is 1. The smallest absolute Gasteiger partial charge is 0.326 e. The first-order chi connectivity index (χ1) is 20.5. The van der Waals surface area contributed by atoms with Crippen LogP contribution in [0.3, 0.4) is 0 Å². The van der Waals surface area contributed by atoms with E-state index >= 15 is 0 Å². The van der Waals surface area contributed by atoms with Crippen molar-refractivity contribution in [3.63, 3.8) is 0 Å². The van der Waals surface area contributed by atoms with E-state index in [2.05, 4.69) is 20.9 Å². The Balaban J connectivity index is 2.17. The molecule has 234 valence electrons. The van der Waals surface area contributed by atoms with Gasteiger partial charge in [0.25, 0.3) is 0 Å². The van der Waals surface area contributed by atoms with E-state index in [1.165, 1.54) is 23.9 Å². The molecule has 0 heterocycles. The third-order valence-electron chi connectivity index (χ3n) is 6.45. The molecule has 0 saturated carbocycles. The van der Waals surface area contributed by atoms with Crippen molar-refractivity contribution < 1.29 is 29.4 Å². The van der Waals surface area contributed by atoms with E-state index in [0.717, 1.165) is 11.1 Å². The number of rotatable bonds is 18. The van der Waals surface area contributed by atoms with E-state index in [9.17, 15) is 29.4 Å². The molecule has 2 aromatic rings. The number of carbonyl (C=O) groups excluding carboxylic acids is 3. The van der Waals surface area contributed by atoms with Crippen LogP contribution in [0.15, 0.2) is 59.6 Å². The van der Waals surface area contributed by atoms with Gasteiger partial charge < -0.3 is 43.4 Å². The van der Waals surface area contributed by atoms with Crippen LogP contribution >= 0.6 is 11.8 Å². The van der Waals surface area contributed by atoms with Crippen molar-refractivity contribution in [2.24, 2.45) is 22.2 Å². The number of carboxylic acids is 1. The van der Waals surface area contributed by atoms with Gasteiger partial charge in [-0.2, -0.15) is 11.8 Å². The lowest BCUT2D eigenvalue weighted by molar-refractivity contribution is -0.142. The standard InChI is InChI=1S/C29H41N7O6S/c1-43-15-13-22(34-25(38)21(30)16-19-9-11-20(37)12-10-19)26(39)36-24(17-18-6-3-2-4-7-18)27(40)35-23(28(41)42)8-5-14-33-29(31)32/h2-4,6-7,9-12,21-24,37H,5,8,13-17,30H2,1H3,(H,34,38)(H,35,40)(H,36,39)(H,41,42)(H4,31,32,33). The van der Waals surface area contributed by atoms with Gasteiger partial charge in [0, 0.05) is 13.0 Å². The van der Waals surface area contributed by atoms with Gasteiger partial charge in [0.1, 0.15) is 23.9 Å². The van der Waals surface area contributed by atoms with Crippen LogP contribution in [0.1, 0.15) is 30.4 Å². The molecule has 0 spiro atoms. The zero-order chi connectivity index (χ0) is 31.8. The van der Waals surface area contributed by atoms with Crippen molar-refractivity contribution in [1.82, 2.24) is 16.0 Å². The van der Waals surface area contributed by atoms with Crippen molar-refractivity contribution in [2.45, 2.75) is 56.3 Å². The molecule has 0 radical (unpaired) electrons. The maximum atomic E-state index is 13.5. The number of guanidine groups is 1. The van der Waals surface area contributed by atoms with Crippen LogP contribution in [0.5, 0.6) is 5.75 Å². The summed E-state index contributed by atoms with van der Waals surface area (Å²) in [6.07, 6.45) is 2.77. The predicted molar refractivity (Wildman–Crippen MR) is 166 cm³/mol. The first-order valence-electron chi connectivity index (χ1n) is 13.8. The largest absolute Gasteiger partial charge is 0.508 e. The fourth-order valence-corrected chi connectivity index (χ4v) is 4.60. The maximum absolute atomic E-state index is 13.5. The van der Waals surface area contributed by atoms with Crippen molar-refractivity contribution >= 4 is 41.4 Å². The van der Waals surface area contributed by atoms with Gasteiger partial charge in [0.15, 0.2) is 5.96 Å². The summed E-state index contributed by atoms with van der Waals surface area (Å²) in [5.41, 5.74) is 18.2. The fraction of sp³-hybridized carbons (Fsp3) is 0.414. The van der Waals surface area contributed by atoms with Gasteiger partial charge in [-0.1, -0.05) is 42.5 Å². The van der Waals surface area contributed by atoms with Crippen LogP contribution in [-0.2, 0) is 32.0 Å². The molecule has 13 nitrogen and oxygen atoms in total. The highest BCUT2D eigenvalue weighted by Gasteiger charge is 2.30. The third-order valence-corrected chi connectivity index (χ3v) is 7.09. The number of benzene rings is 2.